The van der Waals surface area contributed by atoms with E-state index in [1.54, 1.807) is 6.20 Å². The lowest BCUT2D eigenvalue weighted by Crippen LogP contribution is -2.38. The summed E-state index contributed by atoms with van der Waals surface area (Å²) >= 11 is 0. The molecule has 0 saturated heterocycles. The average molecular weight is 387 g/mol. The molecule has 0 aliphatic rings. The van der Waals surface area contributed by atoms with Gasteiger partial charge >= 0.3 is 6.55 Å². The van der Waals surface area contributed by atoms with Crippen molar-refractivity contribution in [1.29, 1.82) is 0 Å². The van der Waals surface area contributed by atoms with Crippen molar-refractivity contribution in [2.24, 2.45) is 4.99 Å². The van der Waals surface area contributed by atoms with Gasteiger partial charge in [0.2, 0.25) is 0 Å². The zero-order chi connectivity index (χ0) is 19.9. The van der Waals surface area contributed by atoms with E-state index < -0.39 is 6.55 Å². The summed E-state index contributed by atoms with van der Waals surface area (Å²) < 4.78 is 26.7. The van der Waals surface area contributed by atoms with Crippen molar-refractivity contribution in [2.75, 3.05) is 13.6 Å². The molecule has 0 spiro atoms. The number of hydrogen-bond acceptors (Lipinski definition) is 3. The number of nitrogens with one attached hydrogen (secondary N) is 2. The molecule has 2 N–H and O–H groups in total. The fourth-order valence-electron chi connectivity index (χ4n) is 2.77. The van der Waals surface area contributed by atoms with Crippen LogP contribution in [-0.4, -0.2) is 44.0 Å². The van der Waals surface area contributed by atoms with E-state index in [1.807, 2.05) is 49.2 Å². The van der Waals surface area contributed by atoms with E-state index in [1.165, 1.54) is 12.4 Å². The normalized spacial score (nSPS) is 11.8. The van der Waals surface area contributed by atoms with Crippen LogP contribution in [0.15, 0.2) is 53.9 Å². The lowest BCUT2D eigenvalue weighted by Gasteiger charge is -2.21. The topological polar surface area (TPSA) is 74.1 Å². The van der Waals surface area contributed by atoms with Gasteiger partial charge in [-0.25, -0.2) is 15.0 Å². The number of nitrogens with zero attached hydrogens (tertiary/aromatic N) is 5. The molecule has 1 aromatic carbocycles. The van der Waals surface area contributed by atoms with Crippen LogP contribution in [0.4, 0.5) is 8.78 Å². The summed E-state index contributed by atoms with van der Waals surface area (Å²) in [7, 11) is 1.87. The van der Waals surface area contributed by atoms with Crippen LogP contribution >= 0.6 is 0 Å². The minimum absolute atomic E-state index is 0.0530. The summed E-state index contributed by atoms with van der Waals surface area (Å²) in [5, 5.41) is 3.16. The highest BCUT2D eigenvalue weighted by molar-refractivity contribution is 5.79. The first-order valence-electron chi connectivity index (χ1n) is 8.97. The Balaban J connectivity index is 1.70. The number of benzene rings is 1. The Labute approximate surface area is 162 Å². The third-order valence-electron chi connectivity index (χ3n) is 4.13. The van der Waals surface area contributed by atoms with Crippen LogP contribution < -0.4 is 5.32 Å². The van der Waals surface area contributed by atoms with Crippen LogP contribution in [0.3, 0.4) is 0 Å². The molecule has 148 valence electrons. The van der Waals surface area contributed by atoms with Crippen LogP contribution in [0.1, 0.15) is 25.1 Å². The van der Waals surface area contributed by atoms with Gasteiger partial charge in [0.1, 0.15) is 18.2 Å². The highest BCUT2D eigenvalue weighted by atomic mass is 19.3. The van der Waals surface area contributed by atoms with Crippen molar-refractivity contribution in [3.8, 4) is 11.3 Å². The number of aliphatic imine (C=N–C) groups is 1. The van der Waals surface area contributed by atoms with Gasteiger partial charge in [0.25, 0.3) is 0 Å². The quantitative estimate of drug-likeness (QED) is 0.482. The van der Waals surface area contributed by atoms with Gasteiger partial charge in [0, 0.05) is 26.0 Å². The first-order chi connectivity index (χ1) is 13.6. The molecule has 0 radical (unpaired) electrons. The Morgan fingerprint density at radius 2 is 2.07 bits per heavy atom. The van der Waals surface area contributed by atoms with E-state index >= 15 is 0 Å². The molecule has 0 fully saturated rings. The smallest absolute Gasteiger partial charge is 0.319 e. The van der Waals surface area contributed by atoms with Gasteiger partial charge in [0.05, 0.1) is 18.4 Å². The number of guanidine groups is 1. The van der Waals surface area contributed by atoms with Gasteiger partial charge in [0.15, 0.2) is 5.96 Å². The number of imidazole rings is 2. The largest absolute Gasteiger partial charge is 0.357 e. The molecule has 0 saturated carbocycles. The van der Waals surface area contributed by atoms with Gasteiger partial charge in [-0.15, -0.1) is 0 Å². The second kappa shape index (κ2) is 9.12. The Morgan fingerprint density at radius 1 is 1.29 bits per heavy atom. The molecule has 3 rings (SSSR count). The van der Waals surface area contributed by atoms with Crippen molar-refractivity contribution < 1.29 is 8.78 Å². The lowest BCUT2D eigenvalue weighted by molar-refractivity contribution is 0.0671. The summed E-state index contributed by atoms with van der Waals surface area (Å²) in [6.07, 6.45) is 4.39. The van der Waals surface area contributed by atoms with Crippen molar-refractivity contribution in [3.63, 3.8) is 0 Å². The average Bonchev–Trinajstić information content (AvgIpc) is 3.35. The second-order valence-electron chi connectivity index (χ2n) is 6.16. The summed E-state index contributed by atoms with van der Waals surface area (Å²) in [4.78, 5) is 18.0. The molecule has 28 heavy (non-hydrogen) atoms. The second-order valence-corrected chi connectivity index (χ2v) is 6.16. The van der Waals surface area contributed by atoms with Crippen LogP contribution in [0.5, 0.6) is 0 Å². The summed E-state index contributed by atoms with van der Waals surface area (Å²) in [6, 6.07) is 9.94. The number of rotatable bonds is 7. The number of alkyl halides is 2. The Kier molecular flexibility index (Phi) is 6.36. The molecule has 0 atom stereocenters. The van der Waals surface area contributed by atoms with Crippen LogP contribution in [0.25, 0.3) is 11.3 Å². The van der Waals surface area contributed by atoms with Gasteiger partial charge in [-0.05, 0) is 12.5 Å². The molecule has 3 aromatic rings. The maximum absolute atomic E-state index is 13.0. The zero-order valence-electron chi connectivity index (χ0n) is 15.8. The van der Waals surface area contributed by atoms with Crippen molar-refractivity contribution >= 4 is 5.96 Å². The van der Waals surface area contributed by atoms with Gasteiger partial charge in [-0.2, -0.15) is 8.78 Å². The van der Waals surface area contributed by atoms with Gasteiger partial charge in [-0.3, -0.25) is 4.57 Å². The minimum atomic E-state index is -2.63. The van der Waals surface area contributed by atoms with E-state index in [4.69, 9.17) is 0 Å². The molecule has 2 heterocycles. The molecule has 0 bridgehead atoms. The van der Waals surface area contributed by atoms with Gasteiger partial charge < -0.3 is 15.2 Å². The van der Waals surface area contributed by atoms with E-state index in [-0.39, 0.29) is 12.4 Å². The Morgan fingerprint density at radius 3 is 2.79 bits per heavy atom. The maximum Gasteiger partial charge on any atom is 0.319 e. The number of halogens is 2. The molecule has 2 aromatic heterocycles. The first kappa shape index (κ1) is 19.5. The number of aromatic amines is 1. The minimum Gasteiger partial charge on any atom is -0.357 e. The van der Waals surface area contributed by atoms with Crippen molar-refractivity contribution in [1.82, 2.24) is 29.7 Å². The molecule has 0 unspecified atom stereocenters. The van der Waals surface area contributed by atoms with E-state index in [0.717, 1.165) is 21.6 Å². The molecular formula is C19H23F2N7. The standard InChI is InChI=1S/C19H23F2N7/c1-3-22-19(25-12-17-23-9-10-28(17)18(20)21)27(2)13-16-24-11-15(26-16)14-7-5-4-6-8-14/h4-11,18H,3,12-13H2,1-2H3,(H,22,25)(H,24,26). The number of hydrogen-bond donors (Lipinski definition) is 2. The van der Waals surface area contributed by atoms with Crippen LogP contribution in [0.2, 0.25) is 0 Å². The SMILES string of the molecule is CCNC(=NCc1nccn1C(F)F)N(C)Cc1ncc(-c2ccccc2)[nH]1. The lowest BCUT2D eigenvalue weighted by atomic mass is 10.2. The Bertz CT molecular complexity index is 902. The zero-order valence-corrected chi connectivity index (χ0v) is 15.8. The fourth-order valence-corrected chi connectivity index (χ4v) is 2.77. The monoisotopic (exact) mass is 387 g/mol. The molecule has 0 aliphatic heterocycles. The molecule has 7 nitrogen and oxygen atoms in total. The van der Waals surface area contributed by atoms with Gasteiger partial charge in [-0.1, -0.05) is 30.3 Å². The summed E-state index contributed by atoms with van der Waals surface area (Å²) in [6.45, 7) is 0.510. The third kappa shape index (κ3) is 4.73. The van der Waals surface area contributed by atoms with Crippen molar-refractivity contribution in [2.45, 2.75) is 26.6 Å². The highest BCUT2D eigenvalue weighted by Crippen LogP contribution is 2.17. The van der Waals surface area contributed by atoms with E-state index in [0.29, 0.717) is 19.0 Å². The molecular weight excluding hydrogens is 364 g/mol. The first-order valence-corrected chi connectivity index (χ1v) is 8.97. The third-order valence-corrected chi connectivity index (χ3v) is 4.13. The van der Waals surface area contributed by atoms with Crippen molar-refractivity contribution in [3.05, 3.63) is 60.6 Å². The Hall–Kier alpha value is -3.23. The summed E-state index contributed by atoms with van der Waals surface area (Å²) in [5.41, 5.74) is 1.99. The maximum atomic E-state index is 13.0. The van der Waals surface area contributed by atoms with E-state index in [2.05, 4.69) is 25.3 Å². The fraction of sp³-hybridized carbons (Fsp3) is 0.316. The highest BCUT2D eigenvalue weighted by Gasteiger charge is 2.13. The van der Waals surface area contributed by atoms with Crippen LogP contribution in [-0.2, 0) is 13.1 Å². The summed E-state index contributed by atoms with van der Waals surface area (Å²) in [5.74, 6) is 1.58. The molecule has 0 aliphatic carbocycles. The molecule has 0 amide bonds. The predicted molar refractivity (Wildman–Crippen MR) is 104 cm³/mol. The number of H-pyrrole nitrogens is 1. The predicted octanol–water partition coefficient (Wildman–Crippen LogP) is 3.27. The van der Waals surface area contributed by atoms with E-state index in [9.17, 15) is 8.78 Å². The number of aromatic nitrogens is 4. The molecule has 9 heteroatoms. The van der Waals surface area contributed by atoms with Crippen LogP contribution in [0, 0.1) is 0 Å².